The minimum atomic E-state index is -3.67. The summed E-state index contributed by atoms with van der Waals surface area (Å²) in [7, 11) is -3.67. The number of hydrogen-bond donors (Lipinski definition) is 0. The lowest BCUT2D eigenvalue weighted by Gasteiger charge is -2.16. The molecule has 2 aliphatic rings. The van der Waals surface area contributed by atoms with Gasteiger partial charge < -0.3 is 4.52 Å². The van der Waals surface area contributed by atoms with Crippen molar-refractivity contribution in [2.45, 2.75) is 48.3 Å². The number of nitrogens with zero attached hydrogens (tertiary/aromatic N) is 5. The number of aromatic nitrogens is 4. The van der Waals surface area contributed by atoms with E-state index in [2.05, 4.69) is 15.1 Å². The third kappa shape index (κ3) is 3.52. The molecule has 2 atom stereocenters. The van der Waals surface area contributed by atoms with Gasteiger partial charge in [0.2, 0.25) is 15.9 Å². The van der Waals surface area contributed by atoms with Gasteiger partial charge >= 0.3 is 0 Å². The molecule has 0 unspecified atom stereocenters. The van der Waals surface area contributed by atoms with Gasteiger partial charge in [-0.25, -0.2) is 8.42 Å². The summed E-state index contributed by atoms with van der Waals surface area (Å²) < 4.78 is 33.6. The van der Waals surface area contributed by atoms with E-state index in [4.69, 9.17) is 9.51 Å². The van der Waals surface area contributed by atoms with E-state index in [1.54, 1.807) is 30.7 Å². The number of pyridine rings is 2. The lowest BCUT2D eigenvalue weighted by molar-refractivity contribution is 0.342. The zero-order valence-electron chi connectivity index (χ0n) is 16.5. The van der Waals surface area contributed by atoms with Crippen molar-refractivity contribution in [2.75, 3.05) is 13.1 Å². The van der Waals surface area contributed by atoms with E-state index in [-0.39, 0.29) is 23.3 Å². The maximum absolute atomic E-state index is 13.2. The summed E-state index contributed by atoms with van der Waals surface area (Å²) in [5.74, 6) is 1.27. The number of sulfonamides is 1. The molecule has 4 heterocycles. The van der Waals surface area contributed by atoms with Crippen LogP contribution >= 0.6 is 0 Å². The van der Waals surface area contributed by atoms with Crippen LogP contribution in [0.3, 0.4) is 0 Å². The molecule has 1 aliphatic carbocycles. The maximum Gasteiger partial charge on any atom is 0.244 e. The number of hydrogen-bond acceptors (Lipinski definition) is 7. The van der Waals surface area contributed by atoms with Crippen molar-refractivity contribution in [3.63, 3.8) is 0 Å². The Labute approximate surface area is 175 Å². The summed E-state index contributed by atoms with van der Waals surface area (Å²) in [6.07, 6.45) is 11.0. The van der Waals surface area contributed by atoms with Crippen LogP contribution in [0, 0.1) is 0 Å². The van der Waals surface area contributed by atoms with E-state index in [0.717, 1.165) is 24.2 Å². The van der Waals surface area contributed by atoms with E-state index in [0.29, 0.717) is 18.4 Å². The predicted molar refractivity (Wildman–Crippen MR) is 108 cm³/mol. The first-order chi connectivity index (χ1) is 14.6. The Morgan fingerprint density at radius 2 is 1.70 bits per heavy atom. The molecule has 3 aromatic rings. The van der Waals surface area contributed by atoms with Crippen LogP contribution in [-0.4, -0.2) is 45.9 Å². The Kier molecular flexibility index (Phi) is 5.08. The molecule has 2 fully saturated rings. The molecule has 1 aliphatic heterocycles. The third-order valence-corrected chi connectivity index (χ3v) is 7.98. The van der Waals surface area contributed by atoms with Crippen LogP contribution in [0.25, 0.3) is 0 Å². The van der Waals surface area contributed by atoms with Gasteiger partial charge in [0.05, 0.1) is 5.92 Å². The molecule has 5 rings (SSSR count). The number of rotatable bonds is 5. The summed E-state index contributed by atoms with van der Waals surface area (Å²) in [6.45, 7) is 0.609. The fourth-order valence-corrected chi connectivity index (χ4v) is 6.00. The quantitative estimate of drug-likeness (QED) is 0.619. The fourth-order valence-electron chi connectivity index (χ4n) is 4.54. The maximum atomic E-state index is 13.2. The van der Waals surface area contributed by atoms with Gasteiger partial charge in [-0.1, -0.05) is 24.1 Å². The summed E-state index contributed by atoms with van der Waals surface area (Å²) >= 11 is 0. The van der Waals surface area contributed by atoms with Crippen LogP contribution in [0.15, 0.2) is 58.5 Å². The molecule has 156 valence electrons. The van der Waals surface area contributed by atoms with Gasteiger partial charge in [0.1, 0.15) is 4.90 Å². The second-order valence-electron chi connectivity index (χ2n) is 7.98. The Balaban J connectivity index is 1.48. The SMILES string of the molecule is O=S(=O)(c1cccnc1)N1C[C@@H](c2cccnc2)[C@H](c2nc(C3CCCC3)no2)C1. The van der Waals surface area contributed by atoms with E-state index in [9.17, 15) is 8.42 Å². The molecule has 9 heteroatoms. The first kappa shape index (κ1) is 19.3. The third-order valence-electron chi connectivity index (χ3n) is 6.17. The normalized spacial score (nSPS) is 23.2. The highest BCUT2D eigenvalue weighted by atomic mass is 32.2. The van der Waals surface area contributed by atoms with E-state index < -0.39 is 10.0 Å². The lowest BCUT2D eigenvalue weighted by Crippen LogP contribution is -2.29. The predicted octanol–water partition coefficient (Wildman–Crippen LogP) is 3.09. The van der Waals surface area contributed by atoms with Crippen molar-refractivity contribution >= 4 is 10.0 Å². The van der Waals surface area contributed by atoms with Gasteiger partial charge in [-0.2, -0.15) is 9.29 Å². The first-order valence-corrected chi connectivity index (χ1v) is 11.7. The Morgan fingerprint density at radius 3 is 2.40 bits per heavy atom. The van der Waals surface area contributed by atoms with Crippen LogP contribution in [0.4, 0.5) is 0 Å². The first-order valence-electron chi connectivity index (χ1n) is 10.3. The smallest absolute Gasteiger partial charge is 0.244 e. The van der Waals surface area contributed by atoms with Crippen molar-refractivity contribution in [3.8, 4) is 0 Å². The van der Waals surface area contributed by atoms with Crippen molar-refractivity contribution in [1.29, 1.82) is 0 Å². The van der Waals surface area contributed by atoms with Gasteiger partial charge in [-0.3, -0.25) is 9.97 Å². The molecular weight excluding hydrogens is 402 g/mol. The van der Waals surface area contributed by atoms with Crippen molar-refractivity contribution in [3.05, 3.63) is 66.3 Å². The zero-order valence-corrected chi connectivity index (χ0v) is 17.3. The van der Waals surface area contributed by atoms with Gasteiger partial charge in [0.15, 0.2) is 5.82 Å². The highest BCUT2D eigenvalue weighted by Crippen LogP contribution is 2.42. The molecule has 0 aromatic carbocycles. The molecular formula is C21H23N5O3S. The molecule has 1 saturated heterocycles. The van der Waals surface area contributed by atoms with E-state index in [1.807, 2.05) is 12.1 Å². The lowest BCUT2D eigenvalue weighted by atomic mass is 9.90. The summed E-state index contributed by atoms with van der Waals surface area (Å²) in [5, 5.41) is 4.24. The monoisotopic (exact) mass is 425 g/mol. The van der Waals surface area contributed by atoms with Gasteiger partial charge in [-0.05, 0) is 36.6 Å². The van der Waals surface area contributed by atoms with Crippen molar-refractivity contribution in [2.24, 2.45) is 0 Å². The molecule has 0 radical (unpaired) electrons. The van der Waals surface area contributed by atoms with Gasteiger partial charge in [0, 0.05) is 49.7 Å². The Morgan fingerprint density at radius 1 is 0.967 bits per heavy atom. The standard InChI is InChI=1S/C21H23N5O3S/c27-30(28,17-8-4-10-23-12-17)26-13-18(16-7-3-9-22-11-16)19(14-26)21-24-20(25-29-21)15-5-1-2-6-15/h3-4,7-12,15,18-19H,1-2,5-6,13-14H2/t18-,19+/m0/s1. The summed E-state index contributed by atoms with van der Waals surface area (Å²) in [6, 6.07) is 7.03. The van der Waals surface area contributed by atoms with Gasteiger partial charge in [-0.15, -0.1) is 0 Å². The average Bonchev–Trinajstić information content (AvgIpc) is 3.55. The fraction of sp³-hybridized carbons (Fsp3) is 0.429. The van der Waals surface area contributed by atoms with Crippen LogP contribution < -0.4 is 0 Å². The van der Waals surface area contributed by atoms with Crippen molar-refractivity contribution in [1.82, 2.24) is 24.4 Å². The molecule has 30 heavy (non-hydrogen) atoms. The molecule has 0 bridgehead atoms. The summed E-state index contributed by atoms with van der Waals surface area (Å²) in [5.41, 5.74) is 0.965. The minimum absolute atomic E-state index is 0.109. The van der Waals surface area contributed by atoms with Crippen molar-refractivity contribution < 1.29 is 12.9 Å². The minimum Gasteiger partial charge on any atom is -0.339 e. The average molecular weight is 426 g/mol. The topological polar surface area (TPSA) is 102 Å². The molecule has 0 amide bonds. The van der Waals surface area contributed by atoms with Crippen LogP contribution in [0.5, 0.6) is 0 Å². The molecule has 0 N–H and O–H groups in total. The molecule has 1 saturated carbocycles. The van der Waals surface area contributed by atoms with Crippen LogP contribution in [0.2, 0.25) is 0 Å². The van der Waals surface area contributed by atoms with Crippen LogP contribution in [-0.2, 0) is 10.0 Å². The Hall–Kier alpha value is -2.65. The molecule has 8 nitrogen and oxygen atoms in total. The highest BCUT2D eigenvalue weighted by Gasteiger charge is 2.43. The van der Waals surface area contributed by atoms with E-state index >= 15 is 0 Å². The summed E-state index contributed by atoms with van der Waals surface area (Å²) in [4.78, 5) is 13.1. The van der Waals surface area contributed by atoms with E-state index in [1.165, 1.54) is 23.3 Å². The molecule has 0 spiro atoms. The highest BCUT2D eigenvalue weighted by molar-refractivity contribution is 7.89. The largest absolute Gasteiger partial charge is 0.339 e. The second-order valence-corrected chi connectivity index (χ2v) is 9.92. The second kappa shape index (κ2) is 7.88. The van der Waals surface area contributed by atoms with Crippen LogP contribution in [0.1, 0.15) is 60.7 Å². The Bertz CT molecular complexity index is 1100. The zero-order chi connectivity index (χ0) is 20.6. The van der Waals surface area contributed by atoms with Gasteiger partial charge in [0.25, 0.3) is 0 Å². The molecule has 3 aromatic heterocycles.